The Morgan fingerprint density at radius 3 is 2.92 bits per heavy atom. The highest BCUT2D eigenvalue weighted by atomic mass is 16.5. The Bertz CT molecular complexity index is 784. The minimum Gasteiger partial charge on any atom is -0.440 e. The molecule has 0 bridgehead atoms. The molecule has 0 amide bonds. The summed E-state index contributed by atoms with van der Waals surface area (Å²) in [6.07, 6.45) is 3.32. The predicted molar refractivity (Wildman–Crippen MR) is 92.1 cm³/mol. The largest absolute Gasteiger partial charge is 0.440 e. The van der Waals surface area contributed by atoms with E-state index in [0.29, 0.717) is 5.92 Å². The van der Waals surface area contributed by atoms with E-state index in [1.54, 1.807) is 0 Å². The molecule has 0 saturated carbocycles. The maximum absolute atomic E-state index is 5.98. The van der Waals surface area contributed by atoms with Gasteiger partial charge in [-0.25, -0.2) is 4.98 Å². The number of hydrogen-bond donors (Lipinski definition) is 0. The number of piperidine rings is 1. The van der Waals surface area contributed by atoms with Crippen LogP contribution >= 0.6 is 0 Å². The third-order valence-electron chi connectivity index (χ3n) is 5.02. The molecule has 4 rings (SSSR count). The number of hydrogen-bond acceptors (Lipinski definition) is 5. The number of likely N-dealkylation sites (tertiary alicyclic amines) is 1. The molecule has 1 fully saturated rings. The van der Waals surface area contributed by atoms with Gasteiger partial charge in [-0.1, -0.05) is 17.3 Å². The molecule has 3 aromatic rings. The van der Waals surface area contributed by atoms with Crippen LogP contribution in [-0.2, 0) is 6.42 Å². The Morgan fingerprint density at radius 2 is 2.12 bits per heavy atom. The van der Waals surface area contributed by atoms with Gasteiger partial charge in [-0.15, -0.1) is 0 Å². The third kappa shape index (κ3) is 2.96. The Hall–Kier alpha value is -2.14. The van der Waals surface area contributed by atoms with Crippen LogP contribution in [-0.4, -0.2) is 34.7 Å². The monoisotopic (exact) mass is 325 g/mol. The van der Waals surface area contributed by atoms with Crippen LogP contribution in [0.5, 0.6) is 0 Å². The maximum atomic E-state index is 5.98. The fraction of sp³-hybridized carbons (Fsp3) is 0.474. The third-order valence-corrected chi connectivity index (χ3v) is 5.02. The number of aryl methyl sites for hydroxylation is 2. The fourth-order valence-corrected chi connectivity index (χ4v) is 3.65. The van der Waals surface area contributed by atoms with Gasteiger partial charge in [-0.3, -0.25) is 0 Å². The first-order chi connectivity index (χ1) is 11.7. The summed E-state index contributed by atoms with van der Waals surface area (Å²) >= 11 is 0. The van der Waals surface area contributed by atoms with E-state index in [4.69, 9.17) is 13.9 Å². The van der Waals surface area contributed by atoms with E-state index in [0.717, 1.165) is 60.9 Å². The molecule has 126 valence electrons. The average molecular weight is 325 g/mol. The van der Waals surface area contributed by atoms with Crippen molar-refractivity contribution < 1.29 is 8.94 Å². The number of rotatable bonds is 4. The Balaban J connectivity index is 1.43. The lowest BCUT2D eigenvalue weighted by molar-refractivity contribution is 0.196. The molecule has 1 aromatic carbocycles. The zero-order valence-corrected chi connectivity index (χ0v) is 14.3. The Morgan fingerprint density at radius 1 is 1.25 bits per heavy atom. The first kappa shape index (κ1) is 15.4. The Labute approximate surface area is 141 Å². The van der Waals surface area contributed by atoms with Gasteiger partial charge >= 0.3 is 0 Å². The van der Waals surface area contributed by atoms with Crippen LogP contribution in [0.25, 0.3) is 11.1 Å². The molecule has 5 nitrogen and oxygen atoms in total. The molecule has 0 N–H and O–H groups in total. The number of benzene rings is 1. The van der Waals surface area contributed by atoms with Gasteiger partial charge in [0, 0.05) is 24.6 Å². The molecular formula is C19H23N3O2. The predicted octanol–water partition coefficient (Wildman–Crippen LogP) is 3.85. The quantitative estimate of drug-likeness (QED) is 0.729. The molecule has 0 aliphatic carbocycles. The molecule has 2 aromatic heterocycles. The fourth-order valence-electron chi connectivity index (χ4n) is 3.65. The van der Waals surface area contributed by atoms with Crippen molar-refractivity contribution in [2.24, 2.45) is 0 Å². The molecule has 1 unspecified atom stereocenters. The number of aromatic nitrogens is 2. The molecule has 1 atom stereocenters. The molecule has 3 heterocycles. The van der Waals surface area contributed by atoms with Gasteiger partial charge in [0.15, 0.2) is 11.5 Å². The van der Waals surface area contributed by atoms with Crippen molar-refractivity contribution in [2.45, 2.75) is 39.0 Å². The van der Waals surface area contributed by atoms with Gasteiger partial charge in [0.2, 0.25) is 0 Å². The van der Waals surface area contributed by atoms with Crippen molar-refractivity contribution in [1.29, 1.82) is 0 Å². The molecule has 1 aliphatic rings. The summed E-state index contributed by atoms with van der Waals surface area (Å²) in [5.74, 6) is 2.22. The highest BCUT2D eigenvalue weighted by Gasteiger charge is 2.25. The second-order valence-electron chi connectivity index (χ2n) is 6.71. The van der Waals surface area contributed by atoms with E-state index in [2.05, 4.69) is 10.1 Å². The highest BCUT2D eigenvalue weighted by molar-refractivity contribution is 5.72. The van der Waals surface area contributed by atoms with Gasteiger partial charge in [0.05, 0.1) is 5.69 Å². The SMILES string of the molecule is Cc1noc(C)c1CCN1CCCC(c2nc3ccccc3o2)C1. The minimum absolute atomic E-state index is 0.385. The first-order valence-corrected chi connectivity index (χ1v) is 8.70. The van der Waals surface area contributed by atoms with Gasteiger partial charge in [0.25, 0.3) is 0 Å². The first-order valence-electron chi connectivity index (χ1n) is 8.70. The highest BCUT2D eigenvalue weighted by Crippen LogP contribution is 2.29. The zero-order chi connectivity index (χ0) is 16.5. The van der Waals surface area contributed by atoms with Crippen LogP contribution in [0.2, 0.25) is 0 Å². The van der Waals surface area contributed by atoms with E-state index < -0.39 is 0 Å². The summed E-state index contributed by atoms with van der Waals surface area (Å²) in [7, 11) is 0. The van der Waals surface area contributed by atoms with Crippen LogP contribution in [0.1, 0.15) is 41.7 Å². The number of fused-ring (bicyclic) bond motifs is 1. The van der Waals surface area contributed by atoms with E-state index in [1.807, 2.05) is 38.1 Å². The van der Waals surface area contributed by atoms with Gasteiger partial charge in [-0.2, -0.15) is 0 Å². The molecule has 1 saturated heterocycles. The van der Waals surface area contributed by atoms with Crippen LogP contribution < -0.4 is 0 Å². The zero-order valence-electron chi connectivity index (χ0n) is 14.3. The van der Waals surface area contributed by atoms with Crippen LogP contribution in [0.4, 0.5) is 0 Å². The smallest absolute Gasteiger partial charge is 0.199 e. The summed E-state index contributed by atoms with van der Waals surface area (Å²) < 4.78 is 11.2. The van der Waals surface area contributed by atoms with Crippen molar-refractivity contribution >= 4 is 11.1 Å². The maximum Gasteiger partial charge on any atom is 0.199 e. The van der Waals surface area contributed by atoms with Crippen molar-refractivity contribution in [1.82, 2.24) is 15.0 Å². The van der Waals surface area contributed by atoms with E-state index in [1.165, 1.54) is 12.0 Å². The van der Waals surface area contributed by atoms with Gasteiger partial charge in [-0.05, 0) is 51.8 Å². The van der Waals surface area contributed by atoms with Crippen LogP contribution in [0.15, 0.2) is 33.2 Å². The van der Waals surface area contributed by atoms with E-state index >= 15 is 0 Å². The van der Waals surface area contributed by atoms with Crippen LogP contribution in [0.3, 0.4) is 0 Å². The molecule has 5 heteroatoms. The second kappa shape index (κ2) is 6.40. The molecule has 1 aliphatic heterocycles. The van der Waals surface area contributed by atoms with Crippen molar-refractivity contribution in [2.75, 3.05) is 19.6 Å². The molecule has 0 spiro atoms. The number of oxazole rings is 1. The normalized spacial score (nSPS) is 19.2. The molecular weight excluding hydrogens is 302 g/mol. The lowest BCUT2D eigenvalue weighted by atomic mass is 9.97. The summed E-state index contributed by atoms with van der Waals surface area (Å²) in [5, 5.41) is 4.05. The second-order valence-corrected chi connectivity index (χ2v) is 6.71. The lowest BCUT2D eigenvalue weighted by Crippen LogP contribution is -2.36. The van der Waals surface area contributed by atoms with Crippen molar-refractivity contribution in [3.8, 4) is 0 Å². The molecule has 0 radical (unpaired) electrons. The summed E-state index contributed by atoms with van der Waals surface area (Å²) in [4.78, 5) is 7.20. The summed E-state index contributed by atoms with van der Waals surface area (Å²) in [5.41, 5.74) is 4.11. The summed E-state index contributed by atoms with van der Waals surface area (Å²) in [6, 6.07) is 8.00. The van der Waals surface area contributed by atoms with Gasteiger partial charge in [0.1, 0.15) is 11.3 Å². The summed E-state index contributed by atoms with van der Waals surface area (Å²) in [6.45, 7) is 7.19. The van der Waals surface area contributed by atoms with Crippen molar-refractivity contribution in [3.63, 3.8) is 0 Å². The lowest BCUT2D eigenvalue weighted by Gasteiger charge is -2.31. The van der Waals surface area contributed by atoms with Gasteiger partial charge < -0.3 is 13.8 Å². The van der Waals surface area contributed by atoms with Crippen LogP contribution in [0, 0.1) is 13.8 Å². The minimum atomic E-state index is 0.385. The number of nitrogens with zero attached hydrogens (tertiary/aromatic N) is 3. The standard InChI is InChI=1S/C19H23N3O2/c1-13-16(14(2)24-21-13)9-11-22-10-5-6-15(12-22)19-20-17-7-3-4-8-18(17)23-19/h3-4,7-8,15H,5-6,9-12H2,1-2H3. The molecule has 24 heavy (non-hydrogen) atoms. The number of para-hydroxylation sites is 2. The topological polar surface area (TPSA) is 55.3 Å². The van der Waals surface area contributed by atoms with E-state index in [-0.39, 0.29) is 0 Å². The Kier molecular flexibility index (Phi) is 4.10. The van der Waals surface area contributed by atoms with E-state index in [9.17, 15) is 0 Å². The van der Waals surface area contributed by atoms with Crippen molar-refractivity contribution in [3.05, 3.63) is 47.2 Å². The average Bonchev–Trinajstić information content (AvgIpc) is 3.17.